The zero-order valence-electron chi connectivity index (χ0n) is 17.8. The van der Waals surface area contributed by atoms with Crippen molar-refractivity contribution >= 4 is 10.0 Å². The molecule has 7 heteroatoms. The number of hydrogen-bond acceptors (Lipinski definition) is 5. The van der Waals surface area contributed by atoms with E-state index in [9.17, 15) is 13.5 Å². The fraction of sp³-hybridized carbons (Fsp3) is 0.458. The lowest BCUT2D eigenvalue weighted by Crippen LogP contribution is -2.67. The Hall–Kier alpha value is -2.24. The third-order valence-corrected chi connectivity index (χ3v) is 8.56. The molecule has 2 aromatic rings. The maximum Gasteiger partial charge on any atom is 0.213 e. The average molecular weight is 440 g/mol. The van der Waals surface area contributed by atoms with Gasteiger partial charge < -0.3 is 5.11 Å². The van der Waals surface area contributed by atoms with Crippen molar-refractivity contribution in [1.29, 1.82) is 5.26 Å². The van der Waals surface area contributed by atoms with Crippen molar-refractivity contribution in [3.63, 3.8) is 0 Å². The Morgan fingerprint density at radius 1 is 1.10 bits per heavy atom. The topological polar surface area (TPSA) is 84.6 Å². The van der Waals surface area contributed by atoms with Crippen molar-refractivity contribution < 1.29 is 13.5 Å². The smallest absolute Gasteiger partial charge is 0.213 e. The number of benzene rings is 2. The van der Waals surface area contributed by atoms with Crippen LogP contribution in [0.5, 0.6) is 0 Å². The number of fused-ring (bicyclic) bond motifs is 1. The number of nitrogens with zero attached hydrogens (tertiary/aromatic N) is 3. The Morgan fingerprint density at radius 2 is 1.84 bits per heavy atom. The van der Waals surface area contributed by atoms with Crippen molar-refractivity contribution in [3.05, 3.63) is 59.7 Å². The molecule has 0 saturated carbocycles. The van der Waals surface area contributed by atoms with Gasteiger partial charge in [0.15, 0.2) is 0 Å². The van der Waals surface area contributed by atoms with E-state index >= 15 is 0 Å². The molecule has 0 radical (unpaired) electrons. The Bertz CT molecular complexity index is 1060. The molecule has 4 rings (SSSR count). The molecule has 164 valence electrons. The molecule has 0 spiro atoms. The van der Waals surface area contributed by atoms with Crippen molar-refractivity contribution in [1.82, 2.24) is 9.21 Å². The number of nitriles is 1. The van der Waals surface area contributed by atoms with E-state index in [0.717, 1.165) is 36.1 Å². The van der Waals surface area contributed by atoms with E-state index in [4.69, 9.17) is 5.26 Å². The highest BCUT2D eigenvalue weighted by Crippen LogP contribution is 2.42. The van der Waals surface area contributed by atoms with E-state index in [0.29, 0.717) is 18.7 Å². The first-order valence-electron chi connectivity index (χ1n) is 10.9. The third-order valence-electron chi connectivity index (χ3n) is 6.71. The fourth-order valence-corrected chi connectivity index (χ4v) is 6.16. The molecule has 2 heterocycles. The summed E-state index contributed by atoms with van der Waals surface area (Å²) in [6.45, 7) is 3.70. The summed E-state index contributed by atoms with van der Waals surface area (Å²) in [7, 11) is -3.24. The summed E-state index contributed by atoms with van der Waals surface area (Å²) in [6, 6.07) is 18.0. The van der Waals surface area contributed by atoms with Gasteiger partial charge in [-0.1, -0.05) is 36.4 Å². The van der Waals surface area contributed by atoms with Gasteiger partial charge in [0.05, 0.1) is 24.0 Å². The lowest BCUT2D eigenvalue weighted by Gasteiger charge is -2.57. The second-order valence-electron chi connectivity index (χ2n) is 8.36. The van der Waals surface area contributed by atoms with E-state index in [1.54, 1.807) is 17.3 Å². The Balaban J connectivity index is 1.60. The number of aliphatic hydroxyl groups is 1. The number of hydrogen-bond donors (Lipinski definition) is 1. The molecule has 2 saturated heterocycles. The van der Waals surface area contributed by atoms with Crippen LogP contribution in [0, 0.1) is 11.3 Å². The Morgan fingerprint density at radius 3 is 2.52 bits per heavy atom. The lowest BCUT2D eigenvalue weighted by molar-refractivity contribution is -0.0553. The van der Waals surface area contributed by atoms with Gasteiger partial charge in [-0.15, -0.1) is 0 Å². The molecule has 2 aliphatic heterocycles. The predicted molar refractivity (Wildman–Crippen MR) is 121 cm³/mol. The van der Waals surface area contributed by atoms with Crippen LogP contribution in [-0.4, -0.2) is 66.8 Å². The van der Waals surface area contributed by atoms with Crippen LogP contribution in [0.2, 0.25) is 0 Å². The molecule has 2 aliphatic rings. The molecule has 0 amide bonds. The highest BCUT2D eigenvalue weighted by Gasteiger charge is 2.49. The number of aliphatic hydroxyl groups excluding tert-OH is 1. The summed E-state index contributed by atoms with van der Waals surface area (Å²) in [6.07, 6.45) is 1.78. The van der Waals surface area contributed by atoms with Crippen molar-refractivity contribution in [2.45, 2.75) is 37.8 Å². The van der Waals surface area contributed by atoms with Crippen LogP contribution in [0.25, 0.3) is 11.1 Å². The summed E-state index contributed by atoms with van der Waals surface area (Å²) in [5.74, 6) is 0.210. The molecule has 0 aromatic heterocycles. The normalized spacial score (nSPS) is 25.0. The highest BCUT2D eigenvalue weighted by molar-refractivity contribution is 7.89. The zero-order chi connectivity index (χ0) is 22.0. The van der Waals surface area contributed by atoms with Crippen LogP contribution in [0.4, 0.5) is 0 Å². The van der Waals surface area contributed by atoms with E-state index in [1.807, 2.05) is 30.3 Å². The van der Waals surface area contributed by atoms with Crippen LogP contribution in [0.3, 0.4) is 0 Å². The maximum absolute atomic E-state index is 12.6. The van der Waals surface area contributed by atoms with Gasteiger partial charge in [-0.25, -0.2) is 12.7 Å². The van der Waals surface area contributed by atoms with Crippen LogP contribution < -0.4 is 0 Å². The number of sulfonamides is 1. The standard InChI is InChI=1S/C24H29N3O3S/c1-2-31(29,30)26-12-3-4-13-27-22(16-26)24(23(27)17-28)20-10-8-19(9-11-20)21-7-5-6-18(14-21)15-25/h5-11,14,22-24,28H,2-4,12-13,16-17H2,1H3/t22-,23-,24-/m1/s1. The first-order valence-corrected chi connectivity index (χ1v) is 12.5. The zero-order valence-corrected chi connectivity index (χ0v) is 18.6. The molecule has 31 heavy (non-hydrogen) atoms. The van der Waals surface area contributed by atoms with Gasteiger partial charge in [-0.05, 0) is 55.1 Å². The second-order valence-corrected chi connectivity index (χ2v) is 10.6. The minimum atomic E-state index is -3.24. The predicted octanol–water partition coefficient (Wildman–Crippen LogP) is 2.80. The molecule has 2 aromatic carbocycles. The number of rotatable bonds is 5. The molecule has 3 atom stereocenters. The summed E-state index contributed by atoms with van der Waals surface area (Å²) in [5, 5.41) is 19.2. The minimum absolute atomic E-state index is 0.0158. The van der Waals surface area contributed by atoms with Crippen LogP contribution in [0.15, 0.2) is 48.5 Å². The van der Waals surface area contributed by atoms with Gasteiger partial charge in [-0.2, -0.15) is 5.26 Å². The molecule has 2 fully saturated rings. The van der Waals surface area contributed by atoms with Crippen molar-refractivity contribution in [3.8, 4) is 17.2 Å². The van der Waals surface area contributed by atoms with Gasteiger partial charge >= 0.3 is 0 Å². The van der Waals surface area contributed by atoms with Gasteiger partial charge in [-0.3, -0.25) is 4.90 Å². The monoisotopic (exact) mass is 439 g/mol. The summed E-state index contributed by atoms with van der Waals surface area (Å²) in [4.78, 5) is 2.28. The van der Waals surface area contributed by atoms with Crippen LogP contribution in [0.1, 0.15) is 36.8 Å². The quantitative estimate of drug-likeness (QED) is 0.774. The lowest BCUT2D eigenvalue weighted by atomic mass is 9.74. The molecular formula is C24H29N3O3S. The van der Waals surface area contributed by atoms with E-state index in [1.165, 1.54) is 0 Å². The van der Waals surface area contributed by atoms with Crippen molar-refractivity contribution in [2.75, 3.05) is 32.0 Å². The third kappa shape index (κ3) is 4.26. The molecule has 6 nitrogen and oxygen atoms in total. The first-order chi connectivity index (χ1) is 15.0. The van der Waals surface area contributed by atoms with Gasteiger partial charge in [0.25, 0.3) is 0 Å². The highest BCUT2D eigenvalue weighted by atomic mass is 32.2. The Kier molecular flexibility index (Phi) is 6.44. The molecule has 1 N–H and O–H groups in total. The van der Waals surface area contributed by atoms with Crippen LogP contribution >= 0.6 is 0 Å². The van der Waals surface area contributed by atoms with E-state index in [-0.39, 0.29) is 30.4 Å². The largest absolute Gasteiger partial charge is 0.395 e. The van der Waals surface area contributed by atoms with E-state index in [2.05, 4.69) is 23.1 Å². The molecular weight excluding hydrogens is 410 g/mol. The second kappa shape index (κ2) is 9.09. The van der Waals surface area contributed by atoms with Crippen molar-refractivity contribution in [2.24, 2.45) is 0 Å². The van der Waals surface area contributed by atoms with Gasteiger partial charge in [0.2, 0.25) is 10.0 Å². The average Bonchev–Trinajstić information content (AvgIpc) is 2.78. The van der Waals surface area contributed by atoms with Gasteiger partial charge in [0, 0.05) is 31.1 Å². The maximum atomic E-state index is 12.6. The SMILES string of the molecule is CCS(=O)(=O)N1CCCCN2[C@H](CO)[C@H](c3ccc(-c4cccc(C#N)c4)cc3)[C@H]2C1. The Labute approximate surface area is 184 Å². The molecule has 0 bridgehead atoms. The van der Waals surface area contributed by atoms with E-state index < -0.39 is 10.0 Å². The summed E-state index contributed by atoms with van der Waals surface area (Å²) in [5.41, 5.74) is 3.77. The molecule has 0 aliphatic carbocycles. The first kappa shape index (κ1) is 22.0. The minimum Gasteiger partial charge on any atom is -0.395 e. The molecule has 0 unspecified atom stereocenters. The summed E-state index contributed by atoms with van der Waals surface area (Å²) >= 11 is 0. The summed E-state index contributed by atoms with van der Waals surface area (Å²) < 4.78 is 26.8. The fourth-order valence-electron chi connectivity index (χ4n) is 5.01. The van der Waals surface area contributed by atoms with Gasteiger partial charge in [0.1, 0.15) is 0 Å². The van der Waals surface area contributed by atoms with Crippen LogP contribution in [-0.2, 0) is 10.0 Å².